The molecule has 0 saturated carbocycles. The Balaban J connectivity index is 1.12. The van der Waals surface area contributed by atoms with Gasteiger partial charge < -0.3 is 0 Å². The summed E-state index contributed by atoms with van der Waals surface area (Å²) >= 11 is 0. The molecule has 0 bridgehead atoms. The van der Waals surface area contributed by atoms with Gasteiger partial charge >= 0.3 is 0 Å². The van der Waals surface area contributed by atoms with Crippen molar-refractivity contribution in [3.8, 4) is 45.7 Å². The van der Waals surface area contributed by atoms with E-state index >= 15 is 0 Å². The first-order valence-electron chi connectivity index (χ1n) is 15.5. The number of nitriles is 1. The van der Waals surface area contributed by atoms with E-state index in [-0.39, 0.29) is 0 Å². The molecule has 47 heavy (non-hydrogen) atoms. The second-order valence-corrected chi connectivity index (χ2v) is 11.5. The number of fused-ring (bicyclic) bond motifs is 5. The smallest absolute Gasteiger partial charge is 0.138 e. The highest BCUT2D eigenvalue weighted by molar-refractivity contribution is 6.16. The van der Waals surface area contributed by atoms with Gasteiger partial charge in [-0.1, -0.05) is 103 Å². The van der Waals surface area contributed by atoms with Crippen LogP contribution in [0.15, 0.2) is 152 Å². The molecular weight excluding hydrogens is 574 g/mol. The molecule has 0 saturated heterocycles. The molecule has 4 aromatic heterocycles. The number of pyridine rings is 3. The maximum Gasteiger partial charge on any atom is 0.138 e. The monoisotopic (exact) mass is 599 g/mol. The van der Waals surface area contributed by atoms with E-state index in [2.05, 4.69) is 70.2 Å². The predicted molar refractivity (Wildman–Crippen MR) is 190 cm³/mol. The average molecular weight is 600 g/mol. The number of rotatable bonds is 4. The fourth-order valence-electron chi connectivity index (χ4n) is 6.83. The van der Waals surface area contributed by atoms with Gasteiger partial charge in [0.1, 0.15) is 11.9 Å². The Bertz CT molecular complexity index is 2590. The molecule has 0 N–H and O–H groups in total. The molecule has 218 valence electrons. The molecule has 0 aliphatic carbocycles. The molecule has 5 heteroatoms. The summed E-state index contributed by atoms with van der Waals surface area (Å²) in [5.74, 6) is 0.820. The molecule has 0 aliphatic rings. The van der Waals surface area contributed by atoms with Crippen molar-refractivity contribution < 1.29 is 0 Å². The first-order chi connectivity index (χ1) is 23.3. The lowest BCUT2D eigenvalue weighted by Crippen LogP contribution is -1.99. The van der Waals surface area contributed by atoms with Gasteiger partial charge in [0.25, 0.3) is 0 Å². The van der Waals surface area contributed by atoms with Crippen LogP contribution in [-0.4, -0.2) is 19.5 Å². The third kappa shape index (κ3) is 4.28. The highest BCUT2D eigenvalue weighted by Gasteiger charge is 2.16. The number of hydrogen-bond donors (Lipinski definition) is 0. The van der Waals surface area contributed by atoms with Crippen molar-refractivity contribution in [2.45, 2.75) is 0 Å². The van der Waals surface area contributed by atoms with Crippen molar-refractivity contribution >= 4 is 43.5 Å². The number of benzene rings is 5. The lowest BCUT2D eigenvalue weighted by Gasteiger charge is -2.14. The Morgan fingerprint density at radius 2 is 1.04 bits per heavy atom. The molecule has 0 atom stereocenters. The summed E-state index contributed by atoms with van der Waals surface area (Å²) in [5.41, 5.74) is 9.47. The Labute approximate surface area is 270 Å². The van der Waals surface area contributed by atoms with E-state index < -0.39 is 0 Å². The van der Waals surface area contributed by atoms with Crippen LogP contribution in [0.1, 0.15) is 5.56 Å². The molecule has 9 rings (SSSR count). The van der Waals surface area contributed by atoms with Crippen LogP contribution in [0.4, 0.5) is 0 Å². The van der Waals surface area contributed by atoms with Gasteiger partial charge in [-0.15, -0.1) is 0 Å². The molecule has 0 unspecified atom stereocenters. The maximum atomic E-state index is 10.0. The van der Waals surface area contributed by atoms with E-state index in [4.69, 9.17) is 9.97 Å². The summed E-state index contributed by atoms with van der Waals surface area (Å²) in [6.07, 6.45) is 1.83. The van der Waals surface area contributed by atoms with Gasteiger partial charge in [-0.3, -0.25) is 9.55 Å². The molecule has 0 fully saturated rings. The van der Waals surface area contributed by atoms with E-state index in [9.17, 15) is 5.26 Å². The minimum absolute atomic E-state index is 0.713. The molecule has 9 aromatic rings. The van der Waals surface area contributed by atoms with E-state index in [1.165, 1.54) is 0 Å². The van der Waals surface area contributed by atoms with E-state index in [1.807, 2.05) is 97.2 Å². The van der Waals surface area contributed by atoms with Gasteiger partial charge in [0.15, 0.2) is 0 Å². The lowest BCUT2D eigenvalue weighted by atomic mass is 9.88. The van der Waals surface area contributed by atoms with Gasteiger partial charge in [0.2, 0.25) is 0 Å². The number of nitrogens with zero attached hydrogens (tertiary/aromatic N) is 5. The minimum Gasteiger partial charge on any atom is -0.292 e. The lowest BCUT2D eigenvalue weighted by molar-refractivity contribution is 1.08. The minimum atomic E-state index is 0.713. The Morgan fingerprint density at radius 3 is 1.77 bits per heavy atom. The zero-order chi connectivity index (χ0) is 31.3. The van der Waals surface area contributed by atoms with Crippen LogP contribution < -0.4 is 0 Å². The first-order valence-corrected chi connectivity index (χ1v) is 15.5. The molecule has 0 aliphatic heterocycles. The van der Waals surface area contributed by atoms with Crippen molar-refractivity contribution in [2.24, 2.45) is 0 Å². The number of aromatic nitrogens is 4. The molecule has 4 heterocycles. The summed E-state index contributed by atoms with van der Waals surface area (Å²) in [6.45, 7) is 0. The maximum absolute atomic E-state index is 10.0. The van der Waals surface area contributed by atoms with Crippen molar-refractivity contribution in [2.75, 3.05) is 0 Å². The van der Waals surface area contributed by atoms with Crippen molar-refractivity contribution in [3.05, 3.63) is 157 Å². The third-order valence-corrected chi connectivity index (χ3v) is 8.92. The largest absolute Gasteiger partial charge is 0.292 e. The highest BCUT2D eigenvalue weighted by Crippen LogP contribution is 2.39. The van der Waals surface area contributed by atoms with Gasteiger partial charge in [0.05, 0.1) is 39.2 Å². The summed E-state index contributed by atoms with van der Waals surface area (Å²) in [4.78, 5) is 14.8. The molecule has 0 radical (unpaired) electrons. The summed E-state index contributed by atoms with van der Waals surface area (Å²) < 4.78 is 2.17. The van der Waals surface area contributed by atoms with E-state index in [0.29, 0.717) is 5.56 Å². The first kappa shape index (κ1) is 26.7. The summed E-state index contributed by atoms with van der Waals surface area (Å²) in [6, 6.07) is 51.8. The zero-order valence-electron chi connectivity index (χ0n) is 25.2. The Kier molecular flexibility index (Phi) is 6.12. The van der Waals surface area contributed by atoms with Gasteiger partial charge in [0, 0.05) is 27.9 Å². The third-order valence-electron chi connectivity index (χ3n) is 8.92. The summed E-state index contributed by atoms with van der Waals surface area (Å²) in [5, 5.41) is 15.2. The quantitative estimate of drug-likeness (QED) is 0.189. The number of para-hydroxylation sites is 1. The van der Waals surface area contributed by atoms with Gasteiger partial charge in [-0.2, -0.15) is 5.26 Å². The zero-order valence-corrected chi connectivity index (χ0v) is 25.2. The second kappa shape index (κ2) is 10.8. The van der Waals surface area contributed by atoms with Crippen molar-refractivity contribution in [3.63, 3.8) is 0 Å². The standard InChI is InChI=1S/C42H25N5/c43-26-34-29-10-1-3-12-31(29)41(32-13-4-2-11-30(32)34)28-23-21-27(22-24-28)35-15-7-16-36(45-35)37-17-8-20-40(46-37)47-38-18-6-5-14-33(38)42-39(47)19-9-25-44-42/h1-25H. The van der Waals surface area contributed by atoms with Crippen LogP contribution in [0.2, 0.25) is 0 Å². The summed E-state index contributed by atoms with van der Waals surface area (Å²) in [7, 11) is 0. The Hall–Kier alpha value is -6.64. The number of hydrogen-bond acceptors (Lipinski definition) is 4. The van der Waals surface area contributed by atoms with E-state index in [0.717, 1.165) is 83.1 Å². The normalized spacial score (nSPS) is 11.4. The van der Waals surface area contributed by atoms with Crippen LogP contribution in [0.5, 0.6) is 0 Å². The predicted octanol–water partition coefficient (Wildman–Crippen LogP) is 10.1. The fraction of sp³-hybridized carbons (Fsp3) is 0. The molecule has 5 aromatic carbocycles. The van der Waals surface area contributed by atoms with Gasteiger partial charge in [-0.25, -0.2) is 9.97 Å². The fourth-order valence-corrected chi connectivity index (χ4v) is 6.83. The van der Waals surface area contributed by atoms with Crippen molar-refractivity contribution in [1.82, 2.24) is 19.5 Å². The molecular formula is C42H25N5. The second-order valence-electron chi connectivity index (χ2n) is 11.5. The van der Waals surface area contributed by atoms with Crippen LogP contribution in [0.25, 0.3) is 83.1 Å². The average Bonchev–Trinajstić information content (AvgIpc) is 3.48. The SMILES string of the molecule is N#Cc1c2ccccc2c(-c2ccc(-c3cccc(-c4cccc(-n5c6ccccc6c6ncccc65)n4)n3)cc2)c2ccccc12. The van der Waals surface area contributed by atoms with Crippen molar-refractivity contribution in [1.29, 1.82) is 5.26 Å². The highest BCUT2D eigenvalue weighted by atomic mass is 15.1. The molecule has 0 amide bonds. The topological polar surface area (TPSA) is 67.4 Å². The molecule has 5 nitrogen and oxygen atoms in total. The van der Waals surface area contributed by atoms with Crippen LogP contribution >= 0.6 is 0 Å². The van der Waals surface area contributed by atoms with Crippen LogP contribution in [0, 0.1) is 11.3 Å². The van der Waals surface area contributed by atoms with E-state index in [1.54, 1.807) is 0 Å². The Morgan fingerprint density at radius 1 is 0.468 bits per heavy atom. The van der Waals surface area contributed by atoms with Crippen LogP contribution in [-0.2, 0) is 0 Å². The molecule has 0 spiro atoms. The van der Waals surface area contributed by atoms with Gasteiger partial charge in [-0.05, 0) is 64.4 Å². The van der Waals surface area contributed by atoms with Crippen LogP contribution in [0.3, 0.4) is 0 Å².